The summed E-state index contributed by atoms with van der Waals surface area (Å²) in [5.74, 6) is 0.519. The fraction of sp³-hybridized carbons (Fsp3) is 0.556. The highest BCUT2D eigenvalue weighted by Gasteiger charge is 2.23. The molecule has 0 aliphatic carbocycles. The van der Waals surface area contributed by atoms with E-state index >= 15 is 0 Å². The van der Waals surface area contributed by atoms with E-state index in [0.717, 1.165) is 0 Å². The summed E-state index contributed by atoms with van der Waals surface area (Å²) in [5.41, 5.74) is 0. The number of halogens is 2. The molecule has 1 rings (SSSR count). The Balaban J connectivity index is 2.85. The topological polar surface area (TPSA) is 46.2 Å². The number of hydrogen-bond donors (Lipinski definition) is 1. The van der Waals surface area contributed by atoms with E-state index in [1.165, 1.54) is 11.3 Å². The summed E-state index contributed by atoms with van der Waals surface area (Å²) in [6.45, 7) is 3.72. The number of hydrogen-bond acceptors (Lipinski definition) is 3. The zero-order valence-corrected chi connectivity index (χ0v) is 12.9. The zero-order chi connectivity index (χ0) is 12.3. The standard InChI is InChI=1S/C9H13BrClNO2S2/c1-6(5-11)7(2)12-16(13,14)9-8(10)3-4-15-9/h3-4,6-7,12H,5H2,1-2H3. The quantitative estimate of drug-likeness (QED) is 0.833. The molecule has 0 amide bonds. The van der Waals surface area contributed by atoms with Gasteiger partial charge in [-0.15, -0.1) is 22.9 Å². The summed E-state index contributed by atoms with van der Waals surface area (Å²) in [5, 5.41) is 1.73. The molecule has 0 aliphatic heterocycles. The second-order valence-electron chi connectivity index (χ2n) is 3.60. The zero-order valence-electron chi connectivity index (χ0n) is 8.91. The number of thiophene rings is 1. The van der Waals surface area contributed by atoms with Crippen LogP contribution in [0, 0.1) is 5.92 Å². The minimum atomic E-state index is -3.44. The first-order valence-corrected chi connectivity index (χ1v) is 8.38. The molecule has 0 spiro atoms. The second-order valence-corrected chi connectivity index (χ2v) is 7.59. The molecule has 1 aromatic rings. The highest BCUT2D eigenvalue weighted by atomic mass is 79.9. The van der Waals surface area contributed by atoms with Crippen molar-refractivity contribution in [3.8, 4) is 0 Å². The lowest BCUT2D eigenvalue weighted by atomic mass is 10.1. The molecule has 0 saturated heterocycles. The SMILES string of the molecule is CC(CCl)C(C)NS(=O)(=O)c1sccc1Br. The molecule has 92 valence electrons. The lowest BCUT2D eigenvalue weighted by molar-refractivity contribution is 0.481. The van der Waals surface area contributed by atoms with Gasteiger partial charge in [0.05, 0.1) is 0 Å². The van der Waals surface area contributed by atoms with Crippen molar-refractivity contribution in [3.05, 3.63) is 15.9 Å². The third kappa shape index (κ3) is 3.43. The second kappa shape index (κ2) is 5.82. The molecule has 1 N–H and O–H groups in total. The van der Waals surface area contributed by atoms with Crippen LogP contribution in [0.2, 0.25) is 0 Å². The van der Waals surface area contributed by atoms with Gasteiger partial charge in [-0.2, -0.15) is 0 Å². The van der Waals surface area contributed by atoms with Gasteiger partial charge in [0.1, 0.15) is 4.21 Å². The average molecular weight is 347 g/mol. The van der Waals surface area contributed by atoms with Crippen LogP contribution in [0.25, 0.3) is 0 Å². The molecule has 7 heteroatoms. The highest BCUT2D eigenvalue weighted by Crippen LogP contribution is 2.27. The van der Waals surface area contributed by atoms with Crippen LogP contribution >= 0.6 is 38.9 Å². The average Bonchev–Trinajstić information content (AvgIpc) is 2.63. The summed E-state index contributed by atoms with van der Waals surface area (Å²) < 4.78 is 27.5. The van der Waals surface area contributed by atoms with E-state index in [4.69, 9.17) is 11.6 Å². The van der Waals surface area contributed by atoms with Gasteiger partial charge in [0.2, 0.25) is 0 Å². The van der Waals surface area contributed by atoms with Crippen molar-refractivity contribution in [3.63, 3.8) is 0 Å². The van der Waals surface area contributed by atoms with Crippen LogP contribution in [0.5, 0.6) is 0 Å². The number of sulfonamides is 1. The molecule has 0 saturated carbocycles. The van der Waals surface area contributed by atoms with Crippen molar-refractivity contribution < 1.29 is 8.42 Å². The van der Waals surface area contributed by atoms with Crippen molar-refractivity contribution in [2.45, 2.75) is 24.1 Å². The molecule has 0 aliphatic rings. The van der Waals surface area contributed by atoms with Gasteiger partial charge in [-0.3, -0.25) is 0 Å². The van der Waals surface area contributed by atoms with Crippen LogP contribution in [0.3, 0.4) is 0 Å². The number of alkyl halides is 1. The fourth-order valence-corrected chi connectivity index (χ4v) is 4.99. The molecule has 0 aromatic carbocycles. The van der Waals surface area contributed by atoms with Crippen molar-refractivity contribution >= 4 is 48.9 Å². The summed E-state index contributed by atoms with van der Waals surface area (Å²) >= 11 is 10.1. The summed E-state index contributed by atoms with van der Waals surface area (Å²) in [4.78, 5) is 0. The van der Waals surface area contributed by atoms with Gasteiger partial charge in [-0.25, -0.2) is 13.1 Å². The Morgan fingerprint density at radius 2 is 2.19 bits per heavy atom. The number of rotatable bonds is 5. The lowest BCUT2D eigenvalue weighted by Gasteiger charge is -2.18. The molecule has 3 nitrogen and oxygen atoms in total. The van der Waals surface area contributed by atoms with Crippen LogP contribution in [0.15, 0.2) is 20.1 Å². The van der Waals surface area contributed by atoms with E-state index in [-0.39, 0.29) is 12.0 Å². The monoisotopic (exact) mass is 345 g/mol. The molecular formula is C9H13BrClNO2S2. The molecule has 1 heterocycles. The maximum absolute atomic E-state index is 12.0. The van der Waals surface area contributed by atoms with Crippen LogP contribution in [-0.2, 0) is 10.0 Å². The number of nitrogens with one attached hydrogen (secondary N) is 1. The molecule has 0 radical (unpaired) electrons. The Morgan fingerprint density at radius 1 is 1.56 bits per heavy atom. The van der Waals surface area contributed by atoms with E-state index in [0.29, 0.717) is 14.6 Å². The van der Waals surface area contributed by atoms with Gasteiger partial charge < -0.3 is 0 Å². The first kappa shape index (κ1) is 14.4. The third-order valence-electron chi connectivity index (χ3n) is 2.27. The van der Waals surface area contributed by atoms with Crippen molar-refractivity contribution in [1.29, 1.82) is 0 Å². The summed E-state index contributed by atoms with van der Waals surface area (Å²) in [7, 11) is -3.44. The normalized spacial score (nSPS) is 16.0. The van der Waals surface area contributed by atoms with E-state index in [2.05, 4.69) is 20.7 Å². The van der Waals surface area contributed by atoms with Gasteiger partial charge in [-0.1, -0.05) is 6.92 Å². The van der Waals surface area contributed by atoms with Crippen LogP contribution in [0.1, 0.15) is 13.8 Å². The molecule has 2 atom stereocenters. The first-order valence-electron chi connectivity index (χ1n) is 4.69. The Labute approximate surface area is 113 Å². The maximum Gasteiger partial charge on any atom is 0.251 e. The molecular weight excluding hydrogens is 334 g/mol. The van der Waals surface area contributed by atoms with Gasteiger partial charge in [0.15, 0.2) is 0 Å². The predicted octanol–water partition coefficient (Wildman–Crippen LogP) is 3.05. The smallest absolute Gasteiger partial charge is 0.207 e. The van der Waals surface area contributed by atoms with Crippen molar-refractivity contribution in [2.24, 2.45) is 5.92 Å². The summed E-state index contributed by atoms with van der Waals surface area (Å²) in [6.07, 6.45) is 0. The summed E-state index contributed by atoms with van der Waals surface area (Å²) in [6, 6.07) is 1.53. The predicted molar refractivity (Wildman–Crippen MR) is 71.7 cm³/mol. The first-order chi connectivity index (χ1) is 7.38. The van der Waals surface area contributed by atoms with E-state index in [1.54, 1.807) is 11.4 Å². The van der Waals surface area contributed by atoms with Crippen LogP contribution in [0.4, 0.5) is 0 Å². The fourth-order valence-electron chi connectivity index (χ4n) is 1.02. The largest absolute Gasteiger partial charge is 0.251 e. The third-order valence-corrected chi connectivity index (χ3v) is 6.98. The van der Waals surface area contributed by atoms with E-state index in [1.807, 2.05) is 13.8 Å². The van der Waals surface area contributed by atoms with Crippen LogP contribution < -0.4 is 4.72 Å². The molecule has 0 fully saturated rings. The Bertz CT molecular complexity index is 446. The minimum absolute atomic E-state index is 0.0928. The molecule has 2 unspecified atom stereocenters. The maximum atomic E-state index is 12.0. The Kier molecular flexibility index (Phi) is 5.25. The Hall–Kier alpha value is 0.380. The van der Waals surface area contributed by atoms with E-state index in [9.17, 15) is 8.42 Å². The van der Waals surface area contributed by atoms with Crippen molar-refractivity contribution in [1.82, 2.24) is 4.72 Å². The van der Waals surface area contributed by atoms with Crippen molar-refractivity contribution in [2.75, 3.05) is 5.88 Å². The minimum Gasteiger partial charge on any atom is -0.207 e. The molecule has 1 aromatic heterocycles. The molecule has 16 heavy (non-hydrogen) atoms. The Morgan fingerprint density at radius 3 is 2.62 bits per heavy atom. The van der Waals surface area contributed by atoms with E-state index < -0.39 is 10.0 Å². The van der Waals surface area contributed by atoms with Gasteiger partial charge in [0, 0.05) is 16.4 Å². The van der Waals surface area contributed by atoms with Gasteiger partial charge in [-0.05, 0) is 40.2 Å². The molecule has 0 bridgehead atoms. The van der Waals surface area contributed by atoms with Crippen LogP contribution in [-0.4, -0.2) is 20.3 Å². The van der Waals surface area contributed by atoms with Gasteiger partial charge >= 0.3 is 0 Å². The lowest BCUT2D eigenvalue weighted by Crippen LogP contribution is -2.37. The highest BCUT2D eigenvalue weighted by molar-refractivity contribution is 9.10. The van der Waals surface area contributed by atoms with Gasteiger partial charge in [0.25, 0.3) is 10.0 Å².